The van der Waals surface area contributed by atoms with Crippen molar-refractivity contribution in [3.05, 3.63) is 23.5 Å². The second kappa shape index (κ2) is 6.43. The molecule has 0 aliphatic heterocycles. The van der Waals surface area contributed by atoms with Crippen LogP contribution < -0.4 is 0 Å². The number of aromatic hydroxyl groups is 1. The Hall–Kier alpha value is -1.62. The van der Waals surface area contributed by atoms with Gasteiger partial charge in [-0.25, -0.2) is 0 Å². The quantitative estimate of drug-likeness (QED) is 0.873. The van der Waals surface area contributed by atoms with Crippen LogP contribution in [-0.4, -0.2) is 38.7 Å². The van der Waals surface area contributed by atoms with E-state index >= 15 is 0 Å². The highest BCUT2D eigenvalue weighted by molar-refractivity contribution is 5.68. The minimum absolute atomic E-state index is 0.149. The molecule has 1 aliphatic carbocycles. The predicted molar refractivity (Wildman–Crippen MR) is 80.2 cm³/mol. The van der Waals surface area contributed by atoms with E-state index in [9.17, 15) is 15.0 Å². The lowest BCUT2D eigenvalue weighted by atomic mass is 9.78. The van der Waals surface area contributed by atoms with Gasteiger partial charge < -0.3 is 10.2 Å². The maximum absolute atomic E-state index is 11.3. The second-order valence-electron chi connectivity index (χ2n) is 6.13. The van der Waals surface area contributed by atoms with E-state index in [0.29, 0.717) is 12.2 Å². The summed E-state index contributed by atoms with van der Waals surface area (Å²) < 4.78 is 0. The molecule has 1 aromatic heterocycles. The Morgan fingerprint density at radius 1 is 1.33 bits per heavy atom. The number of carboxylic acid groups (broad SMARTS) is 1. The molecule has 1 fully saturated rings. The fourth-order valence-corrected chi connectivity index (χ4v) is 3.30. The van der Waals surface area contributed by atoms with Crippen LogP contribution in [0.25, 0.3) is 0 Å². The normalized spacial score (nSPS) is 17.9. The molecule has 1 saturated carbocycles. The summed E-state index contributed by atoms with van der Waals surface area (Å²) in [6.07, 6.45) is 5.22. The Kier molecular flexibility index (Phi) is 4.83. The van der Waals surface area contributed by atoms with E-state index in [2.05, 4.69) is 9.88 Å². The Labute approximate surface area is 125 Å². The molecular weight excluding hydrogens is 268 g/mol. The predicted octanol–water partition coefficient (Wildman–Crippen LogP) is 2.71. The Morgan fingerprint density at radius 3 is 2.62 bits per heavy atom. The molecule has 116 valence electrons. The maximum atomic E-state index is 11.3. The fraction of sp³-hybridized carbons (Fsp3) is 0.625. The number of aryl methyl sites for hydroxylation is 1. The maximum Gasteiger partial charge on any atom is 0.305 e. The van der Waals surface area contributed by atoms with Gasteiger partial charge in [0.25, 0.3) is 0 Å². The monoisotopic (exact) mass is 292 g/mol. The van der Waals surface area contributed by atoms with Crippen molar-refractivity contribution in [2.75, 3.05) is 7.05 Å². The first-order chi connectivity index (χ1) is 9.93. The van der Waals surface area contributed by atoms with Crippen LogP contribution in [0.3, 0.4) is 0 Å². The van der Waals surface area contributed by atoms with Crippen LogP contribution in [-0.2, 0) is 11.3 Å². The van der Waals surface area contributed by atoms with Crippen molar-refractivity contribution in [3.63, 3.8) is 0 Å². The van der Waals surface area contributed by atoms with Crippen molar-refractivity contribution in [3.8, 4) is 5.75 Å². The number of aromatic nitrogens is 1. The van der Waals surface area contributed by atoms with Gasteiger partial charge in [-0.1, -0.05) is 19.3 Å². The van der Waals surface area contributed by atoms with Crippen LogP contribution in [0, 0.1) is 6.92 Å². The highest BCUT2D eigenvalue weighted by atomic mass is 16.4. The molecule has 5 nitrogen and oxygen atoms in total. The molecule has 0 saturated heterocycles. The summed E-state index contributed by atoms with van der Waals surface area (Å²) in [7, 11) is 1.94. The van der Waals surface area contributed by atoms with E-state index < -0.39 is 5.97 Å². The van der Waals surface area contributed by atoms with E-state index in [1.54, 1.807) is 12.1 Å². The number of aliphatic carboxylic acids is 1. The van der Waals surface area contributed by atoms with E-state index in [4.69, 9.17) is 0 Å². The number of hydrogen-bond donors (Lipinski definition) is 2. The summed E-state index contributed by atoms with van der Waals surface area (Å²) in [5.41, 5.74) is 1.15. The molecule has 0 spiro atoms. The van der Waals surface area contributed by atoms with Crippen LogP contribution in [0.2, 0.25) is 0 Å². The highest BCUT2D eigenvalue weighted by Crippen LogP contribution is 2.37. The van der Waals surface area contributed by atoms with Gasteiger partial charge in [0.2, 0.25) is 0 Å². The SMILES string of the molecule is Cc1ccc(O)c(CN(C)C2(CC(=O)O)CCCCC2)n1. The third kappa shape index (κ3) is 3.73. The largest absolute Gasteiger partial charge is 0.506 e. The Bertz CT molecular complexity index is 510. The number of carbonyl (C=O) groups is 1. The van der Waals surface area contributed by atoms with Gasteiger partial charge in [-0.3, -0.25) is 14.7 Å². The minimum atomic E-state index is -0.759. The summed E-state index contributed by atoms with van der Waals surface area (Å²) in [6.45, 7) is 2.36. The van der Waals surface area contributed by atoms with Crippen molar-refractivity contribution in [2.24, 2.45) is 0 Å². The van der Waals surface area contributed by atoms with Crippen molar-refractivity contribution >= 4 is 5.97 Å². The highest BCUT2D eigenvalue weighted by Gasteiger charge is 2.38. The zero-order chi connectivity index (χ0) is 15.5. The van der Waals surface area contributed by atoms with Gasteiger partial charge in [-0.15, -0.1) is 0 Å². The number of rotatable bonds is 5. The Balaban J connectivity index is 2.19. The summed E-state index contributed by atoms with van der Waals surface area (Å²) in [5.74, 6) is -0.584. The van der Waals surface area contributed by atoms with Crippen LogP contribution in [0.5, 0.6) is 5.75 Å². The van der Waals surface area contributed by atoms with Gasteiger partial charge >= 0.3 is 5.97 Å². The lowest BCUT2D eigenvalue weighted by Crippen LogP contribution is -2.49. The number of carboxylic acids is 1. The van der Waals surface area contributed by atoms with Gasteiger partial charge in [0.15, 0.2) is 0 Å². The Morgan fingerprint density at radius 2 is 2.00 bits per heavy atom. The topological polar surface area (TPSA) is 73.7 Å². The first-order valence-electron chi connectivity index (χ1n) is 7.51. The molecule has 0 amide bonds. The summed E-state index contributed by atoms with van der Waals surface area (Å²) in [4.78, 5) is 17.7. The summed E-state index contributed by atoms with van der Waals surface area (Å²) >= 11 is 0. The van der Waals surface area contributed by atoms with Crippen LogP contribution >= 0.6 is 0 Å². The number of nitrogens with zero attached hydrogens (tertiary/aromatic N) is 2. The first kappa shape index (κ1) is 15.8. The summed E-state index contributed by atoms with van der Waals surface area (Å²) in [6, 6.07) is 3.42. The minimum Gasteiger partial charge on any atom is -0.506 e. The second-order valence-corrected chi connectivity index (χ2v) is 6.13. The summed E-state index contributed by atoms with van der Waals surface area (Å²) in [5, 5.41) is 19.2. The molecule has 1 aliphatic rings. The van der Waals surface area contributed by atoms with Crippen LogP contribution in [0.15, 0.2) is 12.1 Å². The molecule has 0 bridgehead atoms. The molecule has 1 aromatic rings. The molecule has 0 unspecified atom stereocenters. The molecule has 0 aromatic carbocycles. The van der Waals surface area contributed by atoms with Gasteiger partial charge in [0.05, 0.1) is 12.1 Å². The van der Waals surface area contributed by atoms with Gasteiger partial charge in [-0.2, -0.15) is 0 Å². The van der Waals surface area contributed by atoms with Gasteiger partial charge in [0, 0.05) is 17.8 Å². The molecule has 5 heteroatoms. The fourth-order valence-electron chi connectivity index (χ4n) is 3.30. The van der Waals surface area contributed by atoms with E-state index in [1.165, 1.54) is 6.42 Å². The zero-order valence-electron chi connectivity index (χ0n) is 12.8. The van der Waals surface area contributed by atoms with Crippen molar-refractivity contribution < 1.29 is 15.0 Å². The smallest absolute Gasteiger partial charge is 0.305 e. The van der Waals surface area contributed by atoms with E-state index in [1.807, 2.05) is 14.0 Å². The van der Waals surface area contributed by atoms with Gasteiger partial charge in [0.1, 0.15) is 5.75 Å². The number of hydrogen-bond acceptors (Lipinski definition) is 4. The molecule has 2 N–H and O–H groups in total. The van der Waals surface area contributed by atoms with Crippen LogP contribution in [0.1, 0.15) is 49.9 Å². The van der Waals surface area contributed by atoms with Gasteiger partial charge in [-0.05, 0) is 38.9 Å². The van der Waals surface area contributed by atoms with Crippen molar-refractivity contribution in [1.82, 2.24) is 9.88 Å². The van der Waals surface area contributed by atoms with Crippen molar-refractivity contribution in [2.45, 2.75) is 57.5 Å². The molecule has 0 atom stereocenters. The van der Waals surface area contributed by atoms with Crippen LogP contribution in [0.4, 0.5) is 0 Å². The lowest BCUT2D eigenvalue weighted by molar-refractivity contribution is -0.141. The number of pyridine rings is 1. The zero-order valence-corrected chi connectivity index (χ0v) is 12.8. The van der Waals surface area contributed by atoms with E-state index in [0.717, 1.165) is 31.4 Å². The molecule has 0 radical (unpaired) electrons. The lowest BCUT2D eigenvalue weighted by Gasteiger charge is -2.43. The average Bonchev–Trinajstić information content (AvgIpc) is 2.43. The molecule has 2 rings (SSSR count). The standard InChI is InChI=1S/C16H24N2O3/c1-12-6-7-14(19)13(17-12)11-18(2)16(10-15(20)21)8-4-3-5-9-16/h6-7,19H,3-5,8-11H2,1-2H3,(H,20,21). The third-order valence-electron chi connectivity index (χ3n) is 4.55. The first-order valence-corrected chi connectivity index (χ1v) is 7.51. The molecule has 21 heavy (non-hydrogen) atoms. The molecular formula is C16H24N2O3. The van der Waals surface area contributed by atoms with Crippen molar-refractivity contribution in [1.29, 1.82) is 0 Å². The van der Waals surface area contributed by atoms with E-state index in [-0.39, 0.29) is 17.7 Å². The molecule has 1 heterocycles. The third-order valence-corrected chi connectivity index (χ3v) is 4.55. The average molecular weight is 292 g/mol.